The summed E-state index contributed by atoms with van der Waals surface area (Å²) in [5.41, 5.74) is 1.05. The van der Waals surface area contributed by atoms with Gasteiger partial charge in [-0.3, -0.25) is 29.0 Å². The van der Waals surface area contributed by atoms with Gasteiger partial charge in [0.05, 0.1) is 35.0 Å². The number of fused-ring (bicyclic) bond motifs is 6. The summed E-state index contributed by atoms with van der Waals surface area (Å²) in [6.07, 6.45) is 8.60. The molecule has 0 unspecified atom stereocenters. The molecule has 6 atom stereocenters. The Morgan fingerprint density at radius 2 is 1.03 bits per heavy atom. The van der Waals surface area contributed by atoms with Gasteiger partial charge in [0.15, 0.2) is 0 Å². The van der Waals surface area contributed by atoms with E-state index in [0.717, 1.165) is 32.1 Å². The second-order valence-electron chi connectivity index (χ2n) is 9.04. The molecule has 0 N–H and O–H groups in total. The van der Waals surface area contributed by atoms with E-state index >= 15 is 0 Å². The molecule has 0 radical (unpaired) electrons. The molecule has 6 rings (SSSR count). The number of carbonyl (C=O) groups excluding carboxylic acids is 4. The van der Waals surface area contributed by atoms with Crippen molar-refractivity contribution in [3.63, 3.8) is 0 Å². The number of rotatable bonds is 2. The normalized spacial score (nSPS) is 37.7. The molecule has 2 heterocycles. The van der Waals surface area contributed by atoms with Crippen LogP contribution in [-0.2, 0) is 19.2 Å². The highest BCUT2D eigenvalue weighted by Gasteiger charge is 2.59. The lowest BCUT2D eigenvalue weighted by Crippen LogP contribution is -2.33. The number of hydrogen-bond acceptors (Lipinski definition) is 4. The maximum absolute atomic E-state index is 13.0. The van der Waals surface area contributed by atoms with Crippen LogP contribution in [0.5, 0.6) is 0 Å². The Morgan fingerprint density at radius 3 is 1.48 bits per heavy atom. The highest BCUT2D eigenvalue weighted by Crippen LogP contribution is 2.53. The van der Waals surface area contributed by atoms with E-state index in [9.17, 15) is 19.2 Å². The number of allylic oxidation sites excluding steroid dienone is 2. The third-order valence-electron chi connectivity index (χ3n) is 7.68. The van der Waals surface area contributed by atoms with Gasteiger partial charge in [-0.05, 0) is 55.4 Å². The first-order chi connectivity index (χ1) is 14.1. The molecule has 4 amide bonds. The van der Waals surface area contributed by atoms with Crippen molar-refractivity contribution in [1.29, 1.82) is 0 Å². The monoisotopic (exact) mass is 390 g/mol. The smallest absolute Gasteiger partial charge is 0.238 e. The molecule has 0 aromatic heterocycles. The summed E-state index contributed by atoms with van der Waals surface area (Å²) in [4.78, 5) is 54.1. The molecule has 2 aliphatic heterocycles. The van der Waals surface area contributed by atoms with Gasteiger partial charge in [0, 0.05) is 0 Å². The van der Waals surface area contributed by atoms with Crippen LogP contribution in [0, 0.1) is 35.5 Å². The van der Waals surface area contributed by atoms with E-state index in [4.69, 9.17) is 0 Å². The Morgan fingerprint density at radius 1 is 0.621 bits per heavy atom. The van der Waals surface area contributed by atoms with Crippen LogP contribution in [0.1, 0.15) is 32.1 Å². The van der Waals surface area contributed by atoms with Gasteiger partial charge in [-0.15, -0.1) is 0 Å². The predicted octanol–water partition coefficient (Wildman–Crippen LogP) is 2.68. The molecule has 1 aromatic rings. The van der Waals surface area contributed by atoms with Crippen LogP contribution in [0.4, 0.5) is 11.4 Å². The lowest BCUT2D eigenvalue weighted by molar-refractivity contribution is -0.124. The van der Waals surface area contributed by atoms with E-state index in [1.54, 1.807) is 24.3 Å². The molecule has 0 spiro atoms. The molecule has 29 heavy (non-hydrogen) atoms. The van der Waals surface area contributed by atoms with Crippen molar-refractivity contribution in [2.75, 3.05) is 9.80 Å². The number of hydrogen-bond donors (Lipinski definition) is 0. The number of nitrogens with zero attached hydrogens (tertiary/aromatic N) is 2. The number of benzene rings is 1. The fourth-order valence-corrected chi connectivity index (χ4v) is 6.32. The lowest BCUT2D eigenvalue weighted by atomic mass is 9.81. The van der Waals surface area contributed by atoms with Crippen LogP contribution in [0.25, 0.3) is 0 Å². The van der Waals surface area contributed by atoms with Crippen molar-refractivity contribution in [2.45, 2.75) is 32.1 Å². The maximum Gasteiger partial charge on any atom is 0.238 e. The quantitative estimate of drug-likeness (QED) is 0.575. The highest BCUT2D eigenvalue weighted by molar-refractivity contribution is 6.24. The largest absolute Gasteiger partial charge is 0.274 e. The van der Waals surface area contributed by atoms with Crippen LogP contribution in [-0.4, -0.2) is 23.6 Å². The van der Waals surface area contributed by atoms with E-state index < -0.39 is 0 Å². The standard InChI is InChI=1S/C23H22N2O4/c26-20-16-3-1-2-4-17(16)21(27)24(20)14-7-9-15(10-8-14)25-22(28)18-12-5-6-13(11-12)19(18)23(25)29/h5-10,12-13,16-19H,1-4,11H2/t12-,13-,16-,17+,18-,19-/m0/s1. The van der Waals surface area contributed by atoms with Gasteiger partial charge < -0.3 is 0 Å². The van der Waals surface area contributed by atoms with Crippen LogP contribution in [0.15, 0.2) is 36.4 Å². The molecular weight excluding hydrogens is 368 g/mol. The summed E-state index contributed by atoms with van der Waals surface area (Å²) >= 11 is 0. The molecule has 2 bridgehead atoms. The Kier molecular flexibility index (Phi) is 3.47. The minimum absolute atomic E-state index is 0.113. The zero-order valence-corrected chi connectivity index (χ0v) is 16.0. The Bertz CT molecular complexity index is 927. The zero-order valence-electron chi connectivity index (χ0n) is 16.0. The molecule has 148 valence electrons. The topological polar surface area (TPSA) is 74.8 Å². The number of amides is 4. The lowest BCUT2D eigenvalue weighted by Gasteiger charge is -2.19. The van der Waals surface area contributed by atoms with Crippen molar-refractivity contribution < 1.29 is 19.2 Å². The SMILES string of the molecule is O=C1[C@@H]2[C@@H](C(=O)N1c1ccc(N3C(=O)[C@H]4CCCC[C@H]4C3=O)cc1)[C@H]1C=C[C@H]2C1. The second kappa shape index (κ2) is 5.88. The minimum Gasteiger partial charge on any atom is -0.274 e. The van der Waals surface area contributed by atoms with Crippen molar-refractivity contribution >= 4 is 35.0 Å². The summed E-state index contributed by atoms with van der Waals surface area (Å²) in [6.45, 7) is 0. The molecular formula is C23H22N2O4. The molecule has 1 aromatic carbocycles. The van der Waals surface area contributed by atoms with Crippen LogP contribution in [0.2, 0.25) is 0 Å². The van der Waals surface area contributed by atoms with E-state index in [0.29, 0.717) is 11.4 Å². The predicted molar refractivity (Wildman–Crippen MR) is 105 cm³/mol. The zero-order chi connectivity index (χ0) is 19.9. The van der Waals surface area contributed by atoms with Crippen LogP contribution < -0.4 is 9.80 Å². The van der Waals surface area contributed by atoms with Crippen LogP contribution >= 0.6 is 0 Å². The van der Waals surface area contributed by atoms with Crippen molar-refractivity contribution in [3.8, 4) is 0 Å². The number of carbonyl (C=O) groups is 4. The van der Waals surface area contributed by atoms with Crippen molar-refractivity contribution in [1.82, 2.24) is 0 Å². The van der Waals surface area contributed by atoms with Gasteiger partial charge in [0.25, 0.3) is 0 Å². The summed E-state index contributed by atoms with van der Waals surface area (Å²) in [7, 11) is 0. The molecule has 3 aliphatic carbocycles. The Labute approximate surface area is 168 Å². The van der Waals surface area contributed by atoms with Gasteiger partial charge >= 0.3 is 0 Å². The summed E-state index contributed by atoms with van der Waals surface area (Å²) in [5.74, 6) is -0.976. The first-order valence-corrected chi connectivity index (χ1v) is 10.6. The van der Waals surface area contributed by atoms with Crippen molar-refractivity contribution in [2.24, 2.45) is 35.5 Å². The van der Waals surface area contributed by atoms with E-state index in [-0.39, 0.29) is 59.1 Å². The highest BCUT2D eigenvalue weighted by atomic mass is 16.2. The summed E-state index contributed by atoms with van der Waals surface area (Å²) < 4.78 is 0. The van der Waals surface area contributed by atoms with Gasteiger partial charge in [-0.1, -0.05) is 25.0 Å². The molecule has 4 fully saturated rings. The molecule has 2 saturated heterocycles. The third kappa shape index (κ3) is 2.17. The van der Waals surface area contributed by atoms with Gasteiger partial charge in [0.1, 0.15) is 0 Å². The fraction of sp³-hybridized carbons (Fsp3) is 0.478. The van der Waals surface area contributed by atoms with Gasteiger partial charge in [0.2, 0.25) is 23.6 Å². The molecule has 2 saturated carbocycles. The van der Waals surface area contributed by atoms with Crippen LogP contribution in [0.3, 0.4) is 0 Å². The van der Waals surface area contributed by atoms with Crippen molar-refractivity contribution in [3.05, 3.63) is 36.4 Å². The summed E-state index contributed by atoms with van der Waals surface area (Å²) in [6, 6.07) is 6.74. The first kappa shape index (κ1) is 17.1. The summed E-state index contributed by atoms with van der Waals surface area (Å²) in [5, 5.41) is 0. The van der Waals surface area contributed by atoms with E-state index in [2.05, 4.69) is 12.2 Å². The number of imide groups is 2. The molecule has 5 aliphatic rings. The third-order valence-corrected chi connectivity index (χ3v) is 7.68. The molecule has 6 heteroatoms. The maximum atomic E-state index is 13.0. The Hall–Kier alpha value is -2.76. The van der Waals surface area contributed by atoms with Gasteiger partial charge in [-0.25, -0.2) is 0 Å². The average molecular weight is 390 g/mol. The minimum atomic E-state index is -0.234. The van der Waals surface area contributed by atoms with Gasteiger partial charge in [-0.2, -0.15) is 0 Å². The average Bonchev–Trinajstić information content (AvgIpc) is 3.47. The fourth-order valence-electron chi connectivity index (χ4n) is 6.32. The second-order valence-corrected chi connectivity index (χ2v) is 9.04. The first-order valence-electron chi connectivity index (χ1n) is 10.6. The van der Waals surface area contributed by atoms with E-state index in [1.165, 1.54) is 9.80 Å². The Balaban J connectivity index is 1.28. The molecule has 6 nitrogen and oxygen atoms in total. The van der Waals surface area contributed by atoms with E-state index in [1.807, 2.05) is 0 Å². The number of anilines is 2.